The maximum Gasteiger partial charge on any atom is 0.338 e. The number of fused-ring (bicyclic) bond motifs is 1. The molecule has 1 aromatic heterocycles. The molecule has 1 aliphatic rings. The Balaban J connectivity index is 2.00. The second-order valence-corrected chi connectivity index (χ2v) is 10.1. The molecule has 0 fully saturated rings. The third-order valence-corrected chi connectivity index (χ3v) is 7.48. The zero-order valence-electron chi connectivity index (χ0n) is 21.4. The molecular weight excluding hydrogens is 594 g/mol. The molecule has 0 radical (unpaired) electrons. The number of aromatic nitrogens is 1. The van der Waals surface area contributed by atoms with Gasteiger partial charge in [0.05, 0.1) is 51.6 Å². The molecule has 1 N–H and O–H groups in total. The van der Waals surface area contributed by atoms with Crippen LogP contribution in [-0.4, -0.2) is 40.9 Å². The number of esters is 1. The first kappa shape index (κ1) is 28.0. The van der Waals surface area contributed by atoms with Crippen molar-refractivity contribution in [3.05, 3.63) is 87.0 Å². The molecule has 0 saturated carbocycles. The maximum absolute atomic E-state index is 13.8. The normalized spacial score (nSPS) is 15.0. The summed E-state index contributed by atoms with van der Waals surface area (Å²) >= 11 is 4.15. The van der Waals surface area contributed by atoms with Crippen LogP contribution in [0.1, 0.15) is 37.9 Å². The van der Waals surface area contributed by atoms with Crippen LogP contribution in [0.2, 0.25) is 0 Å². The molecule has 204 valence electrons. The molecule has 4 rings (SSSR count). The Morgan fingerprint density at radius 2 is 2.00 bits per heavy atom. The molecule has 0 aliphatic carbocycles. The molecular formula is C26H24BrN3O8S. The van der Waals surface area contributed by atoms with Crippen molar-refractivity contribution in [2.75, 3.05) is 20.3 Å². The molecule has 1 atom stereocenters. The molecule has 0 amide bonds. The van der Waals surface area contributed by atoms with Crippen LogP contribution in [0, 0.1) is 10.1 Å². The average molecular weight is 618 g/mol. The summed E-state index contributed by atoms with van der Waals surface area (Å²) in [5, 5.41) is 21.9. The summed E-state index contributed by atoms with van der Waals surface area (Å²) in [5.74, 6) is 0.0388. The van der Waals surface area contributed by atoms with Gasteiger partial charge in [-0.15, -0.1) is 0 Å². The lowest BCUT2D eigenvalue weighted by Gasteiger charge is -2.25. The fourth-order valence-corrected chi connectivity index (χ4v) is 5.70. The number of phenolic OH excluding ortho intramolecular Hbond substituents is 1. The van der Waals surface area contributed by atoms with Crippen molar-refractivity contribution in [3.8, 4) is 17.2 Å². The molecule has 11 nitrogen and oxygen atoms in total. The van der Waals surface area contributed by atoms with E-state index < -0.39 is 22.5 Å². The van der Waals surface area contributed by atoms with Gasteiger partial charge in [0.2, 0.25) is 0 Å². The first-order valence-corrected chi connectivity index (χ1v) is 13.4. The zero-order valence-corrected chi connectivity index (χ0v) is 23.8. The number of ether oxygens (including phenoxy) is 3. The average Bonchev–Trinajstić information content (AvgIpc) is 3.20. The number of benzene rings is 2. The zero-order chi connectivity index (χ0) is 28.4. The molecule has 39 heavy (non-hydrogen) atoms. The van der Waals surface area contributed by atoms with Crippen LogP contribution in [0.15, 0.2) is 55.9 Å². The maximum atomic E-state index is 13.8. The predicted octanol–water partition coefficient (Wildman–Crippen LogP) is 3.58. The Kier molecular flexibility index (Phi) is 8.21. The van der Waals surface area contributed by atoms with Gasteiger partial charge in [0.15, 0.2) is 16.3 Å². The van der Waals surface area contributed by atoms with E-state index in [1.807, 2.05) is 6.92 Å². The lowest BCUT2D eigenvalue weighted by atomic mass is 9.95. The summed E-state index contributed by atoms with van der Waals surface area (Å²) in [6, 6.07) is 6.55. The lowest BCUT2D eigenvalue weighted by Crippen LogP contribution is -2.40. The van der Waals surface area contributed by atoms with Gasteiger partial charge in [-0.1, -0.05) is 17.4 Å². The van der Waals surface area contributed by atoms with Crippen molar-refractivity contribution in [3.63, 3.8) is 0 Å². The number of carbonyl (C=O) groups excluding carboxylic acids is 1. The molecule has 0 saturated heterocycles. The van der Waals surface area contributed by atoms with Crippen LogP contribution < -0.4 is 24.4 Å². The number of carbonyl (C=O) groups is 1. The minimum absolute atomic E-state index is 0.0716. The number of thiazole rings is 1. The van der Waals surface area contributed by atoms with E-state index in [0.29, 0.717) is 34.2 Å². The molecule has 0 unspecified atom stereocenters. The predicted molar refractivity (Wildman–Crippen MR) is 147 cm³/mol. The highest BCUT2D eigenvalue weighted by atomic mass is 79.9. The van der Waals surface area contributed by atoms with Gasteiger partial charge in [0.1, 0.15) is 5.75 Å². The van der Waals surface area contributed by atoms with Crippen molar-refractivity contribution in [1.29, 1.82) is 0 Å². The van der Waals surface area contributed by atoms with Crippen molar-refractivity contribution in [2.45, 2.75) is 26.8 Å². The first-order valence-electron chi connectivity index (χ1n) is 11.8. The van der Waals surface area contributed by atoms with E-state index in [2.05, 4.69) is 20.9 Å². The number of non-ortho nitro benzene ring substituents is 1. The van der Waals surface area contributed by atoms with E-state index in [4.69, 9.17) is 14.2 Å². The molecule has 13 heteroatoms. The van der Waals surface area contributed by atoms with E-state index in [-0.39, 0.29) is 38.2 Å². The fourth-order valence-electron chi connectivity index (χ4n) is 4.20. The van der Waals surface area contributed by atoms with E-state index in [1.165, 1.54) is 29.9 Å². The summed E-state index contributed by atoms with van der Waals surface area (Å²) in [6.07, 6.45) is 1.36. The van der Waals surface area contributed by atoms with Crippen molar-refractivity contribution in [1.82, 2.24) is 4.57 Å². The second-order valence-electron chi connectivity index (χ2n) is 8.27. The van der Waals surface area contributed by atoms with E-state index in [1.54, 1.807) is 32.0 Å². The summed E-state index contributed by atoms with van der Waals surface area (Å²) in [6.45, 7) is 5.66. The van der Waals surface area contributed by atoms with Gasteiger partial charge in [0, 0.05) is 17.7 Å². The topological polar surface area (TPSA) is 142 Å². The van der Waals surface area contributed by atoms with Crippen LogP contribution >= 0.6 is 27.3 Å². The number of nitro groups is 1. The molecule has 2 aromatic carbocycles. The van der Waals surface area contributed by atoms with E-state index in [0.717, 1.165) is 11.3 Å². The smallest absolute Gasteiger partial charge is 0.338 e. The fraction of sp³-hybridized carbons (Fsp3) is 0.269. The number of nitro benzene ring substituents is 1. The highest BCUT2D eigenvalue weighted by Crippen LogP contribution is 2.36. The minimum atomic E-state index is -0.905. The monoisotopic (exact) mass is 617 g/mol. The first-order chi connectivity index (χ1) is 18.6. The second kappa shape index (κ2) is 11.4. The largest absolute Gasteiger partial charge is 0.506 e. The summed E-state index contributed by atoms with van der Waals surface area (Å²) < 4.78 is 18.1. The number of nitrogens with zero attached hydrogens (tertiary/aromatic N) is 3. The molecule has 3 aromatic rings. The highest BCUT2D eigenvalue weighted by Gasteiger charge is 2.34. The van der Waals surface area contributed by atoms with Gasteiger partial charge < -0.3 is 19.3 Å². The Morgan fingerprint density at radius 3 is 2.64 bits per heavy atom. The third kappa shape index (κ3) is 5.32. The van der Waals surface area contributed by atoms with Gasteiger partial charge in [-0.25, -0.2) is 9.79 Å². The summed E-state index contributed by atoms with van der Waals surface area (Å²) in [4.78, 5) is 42.5. The number of hydrogen-bond acceptors (Lipinski definition) is 10. The van der Waals surface area contributed by atoms with Crippen LogP contribution in [0.3, 0.4) is 0 Å². The third-order valence-electron chi connectivity index (χ3n) is 5.90. The van der Waals surface area contributed by atoms with Gasteiger partial charge in [-0.3, -0.25) is 19.5 Å². The van der Waals surface area contributed by atoms with Crippen molar-refractivity contribution >= 4 is 45.0 Å². The number of methoxy groups -OCH3 is 1. The van der Waals surface area contributed by atoms with Gasteiger partial charge in [-0.2, -0.15) is 0 Å². The lowest BCUT2D eigenvalue weighted by molar-refractivity contribution is -0.385. The number of halogens is 1. The Bertz CT molecular complexity index is 1690. The number of allylic oxidation sites excluding steroid dienone is 1. The minimum Gasteiger partial charge on any atom is -0.506 e. The van der Waals surface area contributed by atoms with E-state index >= 15 is 0 Å². The molecule has 0 spiro atoms. The number of rotatable bonds is 8. The highest BCUT2D eigenvalue weighted by molar-refractivity contribution is 9.10. The number of aromatic hydroxyl groups is 1. The number of hydrogen-bond donors (Lipinski definition) is 1. The van der Waals surface area contributed by atoms with Gasteiger partial charge >= 0.3 is 5.97 Å². The quantitative estimate of drug-likeness (QED) is 0.229. The SMILES string of the molecule is CCOC(=O)C1=C(C)N=c2s/c(=C\c3cc([N+](=O)[O-])cc(Br)c3O)c(=O)n2[C@H]1c1ccc(OC)c(OCC)c1. The van der Waals surface area contributed by atoms with Gasteiger partial charge in [-0.05, 0) is 60.5 Å². The number of phenols is 1. The molecule has 2 heterocycles. The van der Waals surface area contributed by atoms with Crippen LogP contribution in [0.5, 0.6) is 17.2 Å². The van der Waals surface area contributed by atoms with Crippen LogP contribution in [-0.2, 0) is 9.53 Å². The van der Waals surface area contributed by atoms with Crippen molar-refractivity contribution in [2.24, 2.45) is 4.99 Å². The Labute approximate surface area is 234 Å². The van der Waals surface area contributed by atoms with Crippen molar-refractivity contribution < 1.29 is 29.0 Å². The van der Waals surface area contributed by atoms with Gasteiger partial charge in [0.25, 0.3) is 11.2 Å². The Hall–Kier alpha value is -3.97. The van der Waals surface area contributed by atoms with Crippen LogP contribution in [0.25, 0.3) is 6.08 Å². The standard InChI is InChI=1S/C26H24BrN3O8S/c1-5-37-19-10-14(7-8-18(19)36-4)22-21(25(33)38-6-2)13(3)28-26-29(22)24(32)20(39-26)11-15-9-16(30(34)35)12-17(27)23(15)31/h7-12,22,31H,5-6H2,1-4H3/b20-11-/t22-/m0/s1. The van der Waals surface area contributed by atoms with Crippen LogP contribution in [0.4, 0.5) is 5.69 Å². The Morgan fingerprint density at radius 1 is 1.26 bits per heavy atom. The summed E-state index contributed by atoms with van der Waals surface area (Å²) in [5.41, 5.74) is 0.422. The molecule has 1 aliphatic heterocycles. The van der Waals surface area contributed by atoms with E-state index in [9.17, 15) is 24.8 Å². The molecule has 0 bridgehead atoms. The summed E-state index contributed by atoms with van der Waals surface area (Å²) in [7, 11) is 1.51.